The second-order valence-electron chi connectivity index (χ2n) is 2.75. The van der Waals surface area contributed by atoms with E-state index in [-0.39, 0.29) is 0 Å². The topological polar surface area (TPSA) is 24.9 Å². The van der Waals surface area contributed by atoms with Gasteiger partial charge in [-0.25, -0.2) is 4.98 Å². The lowest BCUT2D eigenvalue weighted by atomic mass is 10.2. The monoisotopic (exact) mass is 202 g/mol. The minimum absolute atomic E-state index is 0.874. The quantitative estimate of drug-likeness (QED) is 0.825. The van der Waals surface area contributed by atoms with Crippen molar-refractivity contribution in [1.29, 1.82) is 0 Å². The van der Waals surface area contributed by atoms with Crippen molar-refractivity contribution in [3.05, 3.63) is 48.5 Å². The van der Waals surface area contributed by atoms with Gasteiger partial charge in [-0.1, -0.05) is 36.9 Å². The highest BCUT2D eigenvalue weighted by atomic mass is 32.1. The van der Waals surface area contributed by atoms with Gasteiger partial charge in [0.15, 0.2) is 5.13 Å². The van der Waals surface area contributed by atoms with E-state index >= 15 is 0 Å². The maximum Gasteiger partial charge on any atom is 0.187 e. The second kappa shape index (κ2) is 4.07. The molecule has 70 valence electrons. The average molecular weight is 202 g/mol. The van der Waals surface area contributed by atoms with Crippen molar-refractivity contribution in [3.63, 3.8) is 0 Å². The normalized spacial score (nSPS) is 9.71. The number of rotatable bonds is 3. The predicted octanol–water partition coefficient (Wildman–Crippen LogP) is 3.37. The number of nitrogens with zero attached hydrogens (tertiary/aromatic N) is 1. The van der Waals surface area contributed by atoms with Crippen LogP contribution in [-0.2, 0) is 0 Å². The Morgan fingerprint density at radius 1 is 1.29 bits per heavy atom. The summed E-state index contributed by atoms with van der Waals surface area (Å²) in [6.45, 7) is 3.59. The van der Waals surface area contributed by atoms with E-state index in [1.807, 2.05) is 35.7 Å². The fourth-order valence-electron chi connectivity index (χ4n) is 1.17. The van der Waals surface area contributed by atoms with Crippen LogP contribution in [0.4, 0.5) is 5.13 Å². The minimum Gasteiger partial charge on any atom is -0.339 e. The van der Waals surface area contributed by atoms with Crippen molar-refractivity contribution < 1.29 is 0 Å². The van der Waals surface area contributed by atoms with Gasteiger partial charge in [0.2, 0.25) is 0 Å². The highest BCUT2D eigenvalue weighted by Crippen LogP contribution is 2.24. The molecule has 0 amide bonds. The van der Waals surface area contributed by atoms with Crippen LogP contribution in [0.25, 0.3) is 11.3 Å². The Balaban J connectivity index is 2.29. The zero-order valence-electron chi connectivity index (χ0n) is 7.60. The summed E-state index contributed by atoms with van der Waals surface area (Å²) in [6, 6.07) is 10.1. The van der Waals surface area contributed by atoms with Gasteiger partial charge < -0.3 is 5.32 Å². The molecule has 2 aromatic rings. The molecule has 0 aliphatic rings. The molecule has 2 rings (SSSR count). The van der Waals surface area contributed by atoms with Gasteiger partial charge in [-0.05, 0) is 6.20 Å². The van der Waals surface area contributed by atoms with Crippen LogP contribution < -0.4 is 5.32 Å². The molecule has 0 bridgehead atoms. The summed E-state index contributed by atoms with van der Waals surface area (Å²) in [5.74, 6) is 0. The Hall–Kier alpha value is -1.61. The lowest BCUT2D eigenvalue weighted by Crippen LogP contribution is -1.84. The van der Waals surface area contributed by atoms with Crippen LogP contribution >= 0.6 is 11.3 Å². The third kappa shape index (κ3) is 1.83. The van der Waals surface area contributed by atoms with Gasteiger partial charge in [-0.2, -0.15) is 0 Å². The van der Waals surface area contributed by atoms with Crippen molar-refractivity contribution in [3.8, 4) is 11.3 Å². The van der Waals surface area contributed by atoms with Crippen LogP contribution in [0.2, 0.25) is 0 Å². The lowest BCUT2D eigenvalue weighted by Gasteiger charge is -1.94. The van der Waals surface area contributed by atoms with Gasteiger partial charge in [0.05, 0.1) is 5.69 Å². The molecule has 3 heteroatoms. The third-order valence-corrected chi connectivity index (χ3v) is 2.57. The fourth-order valence-corrected chi connectivity index (χ4v) is 1.88. The van der Waals surface area contributed by atoms with Crippen molar-refractivity contribution >= 4 is 16.5 Å². The SMILES string of the molecule is C=CNc1nc(-c2ccccc2)cs1. The molecule has 14 heavy (non-hydrogen) atoms. The first-order chi connectivity index (χ1) is 6.90. The zero-order chi connectivity index (χ0) is 9.80. The molecular weight excluding hydrogens is 192 g/mol. The predicted molar refractivity (Wildman–Crippen MR) is 61.4 cm³/mol. The molecule has 0 aliphatic carbocycles. The zero-order valence-corrected chi connectivity index (χ0v) is 8.42. The Morgan fingerprint density at radius 2 is 2.07 bits per heavy atom. The van der Waals surface area contributed by atoms with E-state index in [0.29, 0.717) is 0 Å². The van der Waals surface area contributed by atoms with E-state index < -0.39 is 0 Å². The molecule has 2 nitrogen and oxygen atoms in total. The van der Waals surface area contributed by atoms with E-state index in [9.17, 15) is 0 Å². The van der Waals surface area contributed by atoms with Crippen LogP contribution in [0, 0.1) is 0 Å². The summed E-state index contributed by atoms with van der Waals surface area (Å²) in [6.07, 6.45) is 1.63. The first-order valence-electron chi connectivity index (χ1n) is 4.28. The molecule has 0 radical (unpaired) electrons. The summed E-state index contributed by atoms with van der Waals surface area (Å²) < 4.78 is 0. The van der Waals surface area contributed by atoms with Crippen LogP contribution in [-0.4, -0.2) is 4.98 Å². The van der Waals surface area contributed by atoms with E-state index in [2.05, 4.69) is 16.9 Å². The first-order valence-corrected chi connectivity index (χ1v) is 5.16. The summed E-state index contributed by atoms with van der Waals surface area (Å²) in [4.78, 5) is 4.41. The van der Waals surface area contributed by atoms with Crippen LogP contribution in [0.5, 0.6) is 0 Å². The smallest absolute Gasteiger partial charge is 0.187 e. The van der Waals surface area contributed by atoms with E-state index in [4.69, 9.17) is 0 Å². The molecule has 1 aromatic heterocycles. The number of hydrogen-bond acceptors (Lipinski definition) is 3. The molecule has 1 aromatic carbocycles. The number of nitrogens with one attached hydrogen (secondary N) is 1. The summed E-state index contributed by atoms with van der Waals surface area (Å²) >= 11 is 1.58. The standard InChI is InChI=1S/C11H10N2S/c1-2-12-11-13-10(8-14-11)9-6-4-3-5-7-9/h2-8H,1H2,(H,12,13). The average Bonchev–Trinajstić information content (AvgIpc) is 2.68. The number of hydrogen-bond donors (Lipinski definition) is 1. The van der Waals surface area contributed by atoms with E-state index in [1.165, 1.54) is 0 Å². The number of aromatic nitrogens is 1. The van der Waals surface area contributed by atoms with Gasteiger partial charge >= 0.3 is 0 Å². The van der Waals surface area contributed by atoms with Crippen molar-refractivity contribution in [2.75, 3.05) is 5.32 Å². The van der Waals surface area contributed by atoms with Crippen molar-refractivity contribution in [2.45, 2.75) is 0 Å². The Bertz CT molecular complexity index is 420. The Kier molecular flexibility index (Phi) is 2.60. The molecule has 0 spiro atoms. The van der Waals surface area contributed by atoms with Crippen molar-refractivity contribution in [2.24, 2.45) is 0 Å². The minimum atomic E-state index is 0.874. The van der Waals surface area contributed by atoms with Gasteiger partial charge in [-0.3, -0.25) is 0 Å². The number of thiazole rings is 1. The van der Waals surface area contributed by atoms with Gasteiger partial charge in [0.25, 0.3) is 0 Å². The Labute approximate surface area is 86.9 Å². The van der Waals surface area contributed by atoms with Gasteiger partial charge in [0.1, 0.15) is 0 Å². The molecule has 0 atom stereocenters. The maximum atomic E-state index is 4.41. The Morgan fingerprint density at radius 3 is 2.79 bits per heavy atom. The second-order valence-corrected chi connectivity index (χ2v) is 3.61. The van der Waals surface area contributed by atoms with Gasteiger partial charge in [-0.15, -0.1) is 11.3 Å². The number of anilines is 1. The summed E-state index contributed by atoms with van der Waals surface area (Å²) in [7, 11) is 0. The molecule has 0 aliphatic heterocycles. The van der Waals surface area contributed by atoms with Crippen LogP contribution in [0.15, 0.2) is 48.5 Å². The highest BCUT2D eigenvalue weighted by molar-refractivity contribution is 7.14. The van der Waals surface area contributed by atoms with Crippen LogP contribution in [0.1, 0.15) is 0 Å². The number of benzene rings is 1. The highest BCUT2D eigenvalue weighted by Gasteiger charge is 2.01. The molecule has 0 unspecified atom stereocenters. The molecule has 0 saturated carbocycles. The molecule has 0 saturated heterocycles. The summed E-state index contributed by atoms with van der Waals surface area (Å²) in [5.41, 5.74) is 2.14. The molecule has 1 heterocycles. The van der Waals surface area contributed by atoms with E-state index in [1.54, 1.807) is 17.5 Å². The third-order valence-electron chi connectivity index (χ3n) is 1.80. The largest absolute Gasteiger partial charge is 0.339 e. The van der Waals surface area contributed by atoms with Crippen LogP contribution in [0.3, 0.4) is 0 Å². The lowest BCUT2D eigenvalue weighted by molar-refractivity contribution is 1.39. The fraction of sp³-hybridized carbons (Fsp3) is 0. The maximum absolute atomic E-state index is 4.41. The summed E-state index contributed by atoms with van der Waals surface area (Å²) in [5, 5.41) is 5.87. The molecular formula is C11H10N2S. The van der Waals surface area contributed by atoms with E-state index in [0.717, 1.165) is 16.4 Å². The first kappa shape index (κ1) is 8.97. The van der Waals surface area contributed by atoms with Gasteiger partial charge in [0, 0.05) is 10.9 Å². The molecule has 1 N–H and O–H groups in total. The molecule has 0 fully saturated rings. The van der Waals surface area contributed by atoms with Crippen molar-refractivity contribution in [1.82, 2.24) is 4.98 Å².